The molecule has 106 valence electrons. The molecule has 0 aromatic carbocycles. The summed E-state index contributed by atoms with van der Waals surface area (Å²) in [6.45, 7) is 0.00175. The summed E-state index contributed by atoms with van der Waals surface area (Å²) in [6.07, 6.45) is 6.21. The quantitative estimate of drug-likeness (QED) is 0.836. The van der Waals surface area contributed by atoms with Crippen molar-refractivity contribution in [1.82, 2.24) is 15.2 Å². The van der Waals surface area contributed by atoms with E-state index in [0.29, 0.717) is 0 Å². The fourth-order valence-electron chi connectivity index (χ4n) is 3.10. The van der Waals surface area contributed by atoms with E-state index in [1.165, 1.54) is 17.2 Å². The summed E-state index contributed by atoms with van der Waals surface area (Å²) in [5, 5.41) is 2.93. The lowest BCUT2D eigenvalue weighted by Crippen LogP contribution is -2.63. The van der Waals surface area contributed by atoms with Gasteiger partial charge in [-0.2, -0.15) is 0 Å². The van der Waals surface area contributed by atoms with Crippen LogP contribution in [0.3, 0.4) is 0 Å². The second-order valence-corrected chi connectivity index (χ2v) is 5.31. The van der Waals surface area contributed by atoms with Crippen LogP contribution in [0.15, 0.2) is 18.5 Å². The predicted octanol–water partition coefficient (Wildman–Crippen LogP) is 1.10. The number of piperazine rings is 1. The van der Waals surface area contributed by atoms with Crippen LogP contribution in [-0.4, -0.2) is 40.3 Å². The first kappa shape index (κ1) is 13.0. The van der Waals surface area contributed by atoms with Gasteiger partial charge in [-0.05, 0) is 18.9 Å². The van der Waals surface area contributed by atoms with E-state index in [1.807, 2.05) is 0 Å². The fraction of sp³-hybridized carbons (Fsp3) is 0.500. The van der Waals surface area contributed by atoms with Gasteiger partial charge in [0.1, 0.15) is 6.54 Å². The Hall–Kier alpha value is -1.98. The Kier molecular flexibility index (Phi) is 3.38. The molecule has 3 rings (SSSR count). The lowest BCUT2D eigenvalue weighted by atomic mass is 9.87. The fourth-order valence-corrected chi connectivity index (χ4v) is 3.10. The van der Waals surface area contributed by atoms with Crippen molar-refractivity contribution in [3.63, 3.8) is 0 Å². The Balaban J connectivity index is 1.89. The number of aromatic nitrogens is 1. The van der Waals surface area contributed by atoms with Gasteiger partial charge < -0.3 is 10.2 Å². The van der Waals surface area contributed by atoms with Crippen LogP contribution < -0.4 is 5.32 Å². The number of rotatable bonds is 1. The molecule has 1 saturated carbocycles. The molecule has 20 heavy (non-hydrogen) atoms. The molecule has 2 unspecified atom stereocenters. The van der Waals surface area contributed by atoms with Gasteiger partial charge in [0, 0.05) is 12.2 Å². The monoisotopic (exact) mass is 277 g/mol. The molecular formula is C14H16FN3O2. The van der Waals surface area contributed by atoms with Crippen molar-refractivity contribution in [2.75, 3.05) is 6.54 Å². The maximum Gasteiger partial charge on any atom is 0.257 e. The van der Waals surface area contributed by atoms with Crippen molar-refractivity contribution < 1.29 is 14.0 Å². The minimum absolute atomic E-state index is 0.00107. The van der Waals surface area contributed by atoms with Crippen molar-refractivity contribution in [2.45, 2.75) is 37.8 Å². The number of hydrogen-bond donors (Lipinski definition) is 1. The topological polar surface area (TPSA) is 62.3 Å². The zero-order valence-electron chi connectivity index (χ0n) is 11.0. The number of amides is 2. The molecule has 1 aliphatic heterocycles. The van der Waals surface area contributed by atoms with Crippen molar-refractivity contribution in [1.29, 1.82) is 0 Å². The number of carbonyl (C=O) groups is 2. The summed E-state index contributed by atoms with van der Waals surface area (Å²) < 4.78 is 13.7. The Morgan fingerprint density at radius 2 is 2.20 bits per heavy atom. The maximum atomic E-state index is 13.7. The van der Waals surface area contributed by atoms with Gasteiger partial charge in [0.25, 0.3) is 5.91 Å². The van der Waals surface area contributed by atoms with Crippen molar-refractivity contribution in [3.05, 3.63) is 29.8 Å². The molecule has 1 saturated heterocycles. The molecule has 2 heterocycles. The molecular weight excluding hydrogens is 261 g/mol. The molecule has 2 aliphatic rings. The smallest absolute Gasteiger partial charge is 0.257 e. The molecule has 1 aliphatic carbocycles. The van der Waals surface area contributed by atoms with Gasteiger partial charge in [0.15, 0.2) is 5.82 Å². The van der Waals surface area contributed by atoms with Crippen LogP contribution in [0.4, 0.5) is 4.39 Å². The third-order valence-corrected chi connectivity index (χ3v) is 4.05. The number of carbonyl (C=O) groups excluding carboxylic acids is 2. The van der Waals surface area contributed by atoms with E-state index in [9.17, 15) is 14.0 Å². The van der Waals surface area contributed by atoms with Gasteiger partial charge in [-0.25, -0.2) is 4.39 Å². The average molecular weight is 277 g/mol. The summed E-state index contributed by atoms with van der Waals surface area (Å²) >= 11 is 0. The number of halogens is 1. The number of fused-ring (bicyclic) bond motifs is 1. The highest BCUT2D eigenvalue weighted by Gasteiger charge is 2.39. The molecule has 1 aromatic rings. The molecule has 0 spiro atoms. The largest absolute Gasteiger partial charge is 0.350 e. The number of nitrogens with one attached hydrogen (secondary N) is 1. The zero-order valence-corrected chi connectivity index (χ0v) is 11.0. The first-order valence-electron chi connectivity index (χ1n) is 6.86. The molecule has 1 N–H and O–H groups in total. The highest BCUT2D eigenvalue weighted by atomic mass is 19.1. The molecule has 2 fully saturated rings. The third-order valence-electron chi connectivity index (χ3n) is 4.05. The average Bonchev–Trinajstić information content (AvgIpc) is 2.46. The Morgan fingerprint density at radius 1 is 1.40 bits per heavy atom. The van der Waals surface area contributed by atoms with E-state index in [0.717, 1.165) is 31.9 Å². The molecule has 6 heteroatoms. The van der Waals surface area contributed by atoms with E-state index in [1.54, 1.807) is 0 Å². The maximum absolute atomic E-state index is 13.7. The summed E-state index contributed by atoms with van der Waals surface area (Å²) in [7, 11) is 0. The molecule has 2 amide bonds. The standard InChI is InChI=1S/C14H16FN3O2/c15-10-7-16-6-5-9(10)14(20)18-8-13(19)17-11-3-1-2-4-12(11)18/h5-7,11-12H,1-4,8H2,(H,17,19). The number of nitrogens with zero attached hydrogens (tertiary/aromatic N) is 2. The third kappa shape index (κ3) is 2.26. The van der Waals surface area contributed by atoms with Gasteiger partial charge in [-0.3, -0.25) is 14.6 Å². The van der Waals surface area contributed by atoms with Crippen LogP contribution in [0.25, 0.3) is 0 Å². The lowest BCUT2D eigenvalue weighted by Gasteiger charge is -2.43. The van der Waals surface area contributed by atoms with Gasteiger partial charge in [-0.1, -0.05) is 12.8 Å². The molecule has 0 bridgehead atoms. The van der Waals surface area contributed by atoms with E-state index in [4.69, 9.17) is 0 Å². The van der Waals surface area contributed by atoms with Crippen LogP contribution in [0.2, 0.25) is 0 Å². The van der Waals surface area contributed by atoms with Crippen LogP contribution >= 0.6 is 0 Å². The van der Waals surface area contributed by atoms with Gasteiger partial charge in [-0.15, -0.1) is 0 Å². The zero-order chi connectivity index (χ0) is 14.1. The van der Waals surface area contributed by atoms with Crippen LogP contribution in [0, 0.1) is 5.82 Å². The first-order chi connectivity index (χ1) is 9.66. The molecule has 2 atom stereocenters. The van der Waals surface area contributed by atoms with Crippen molar-refractivity contribution in [3.8, 4) is 0 Å². The normalized spacial score (nSPS) is 25.9. The minimum atomic E-state index is -0.643. The van der Waals surface area contributed by atoms with Gasteiger partial charge in [0.2, 0.25) is 5.91 Å². The predicted molar refractivity (Wildman–Crippen MR) is 69.4 cm³/mol. The van der Waals surface area contributed by atoms with Gasteiger partial charge >= 0.3 is 0 Å². The molecule has 1 aromatic heterocycles. The first-order valence-corrected chi connectivity index (χ1v) is 6.86. The Labute approximate surface area is 116 Å². The summed E-state index contributed by atoms with van der Waals surface area (Å²) in [6, 6.07) is 1.34. The summed E-state index contributed by atoms with van der Waals surface area (Å²) in [5.41, 5.74) is -0.0148. The van der Waals surface area contributed by atoms with E-state index in [2.05, 4.69) is 10.3 Å². The Bertz CT molecular complexity index is 549. The summed E-state index contributed by atoms with van der Waals surface area (Å²) in [4.78, 5) is 29.4. The minimum Gasteiger partial charge on any atom is -0.350 e. The van der Waals surface area contributed by atoms with Crippen molar-refractivity contribution in [2.24, 2.45) is 0 Å². The molecule has 5 nitrogen and oxygen atoms in total. The Morgan fingerprint density at radius 3 is 3.00 bits per heavy atom. The van der Waals surface area contributed by atoms with Gasteiger partial charge in [0.05, 0.1) is 17.8 Å². The lowest BCUT2D eigenvalue weighted by molar-refractivity contribution is -0.127. The van der Waals surface area contributed by atoms with Crippen LogP contribution in [0.1, 0.15) is 36.0 Å². The van der Waals surface area contributed by atoms with Crippen molar-refractivity contribution >= 4 is 11.8 Å². The second-order valence-electron chi connectivity index (χ2n) is 5.31. The van der Waals surface area contributed by atoms with Crippen LogP contribution in [0.5, 0.6) is 0 Å². The SMILES string of the molecule is O=C1CN(C(=O)c2ccncc2F)C2CCCCC2N1. The molecule has 0 radical (unpaired) electrons. The highest BCUT2D eigenvalue weighted by Crippen LogP contribution is 2.27. The van der Waals surface area contributed by atoms with E-state index < -0.39 is 11.7 Å². The second kappa shape index (κ2) is 5.19. The van der Waals surface area contributed by atoms with Crippen LogP contribution in [-0.2, 0) is 4.79 Å². The highest BCUT2D eigenvalue weighted by molar-refractivity contribution is 5.97. The summed E-state index contributed by atoms with van der Waals surface area (Å²) in [5.74, 6) is -1.23. The van der Waals surface area contributed by atoms with E-state index in [-0.39, 0.29) is 30.1 Å². The van der Waals surface area contributed by atoms with E-state index >= 15 is 0 Å². The number of pyridine rings is 1. The number of hydrogen-bond acceptors (Lipinski definition) is 3.